The van der Waals surface area contributed by atoms with Crippen LogP contribution in [-0.2, 0) is 11.3 Å². The number of anilines is 2. The fourth-order valence-corrected chi connectivity index (χ4v) is 3.04. The summed E-state index contributed by atoms with van der Waals surface area (Å²) < 4.78 is 5.37. The lowest BCUT2D eigenvalue weighted by Crippen LogP contribution is -2.41. The first kappa shape index (κ1) is 14.4. The van der Waals surface area contributed by atoms with E-state index < -0.39 is 0 Å². The molecule has 106 valence electrons. The molecule has 0 aromatic carbocycles. The van der Waals surface area contributed by atoms with E-state index in [-0.39, 0.29) is 0 Å². The number of nitrogens with zero attached hydrogens (tertiary/aromatic N) is 3. The van der Waals surface area contributed by atoms with Gasteiger partial charge in [0.2, 0.25) is 0 Å². The Labute approximate surface area is 118 Å². The smallest absolute Gasteiger partial charge is 0.158 e. The zero-order chi connectivity index (χ0) is 13.7. The fourth-order valence-electron chi connectivity index (χ4n) is 2.03. The van der Waals surface area contributed by atoms with Gasteiger partial charge in [-0.3, -0.25) is 0 Å². The number of nitrogen functional groups attached to an aromatic ring is 1. The molecule has 1 fully saturated rings. The number of aromatic nitrogens is 2. The first-order chi connectivity index (χ1) is 9.24. The maximum Gasteiger partial charge on any atom is 0.158 e. The Balaban J connectivity index is 2.22. The SMILES string of the molecule is CCOCc1nc(NN)cc(N2CCSCC2C)n1. The summed E-state index contributed by atoms with van der Waals surface area (Å²) in [4.78, 5) is 11.2. The quantitative estimate of drug-likeness (QED) is 0.622. The third-order valence-corrected chi connectivity index (χ3v) is 4.19. The average molecular weight is 283 g/mol. The van der Waals surface area contributed by atoms with Gasteiger partial charge in [0.15, 0.2) is 5.82 Å². The van der Waals surface area contributed by atoms with Crippen LogP contribution in [0.1, 0.15) is 19.7 Å². The molecule has 6 nitrogen and oxygen atoms in total. The Bertz CT molecular complexity index is 417. The van der Waals surface area contributed by atoms with E-state index in [2.05, 4.69) is 27.2 Å². The highest BCUT2D eigenvalue weighted by molar-refractivity contribution is 7.99. The van der Waals surface area contributed by atoms with Crippen molar-refractivity contribution in [3.8, 4) is 0 Å². The second-order valence-electron chi connectivity index (χ2n) is 4.43. The molecule has 1 unspecified atom stereocenters. The van der Waals surface area contributed by atoms with Crippen LogP contribution in [0.3, 0.4) is 0 Å². The van der Waals surface area contributed by atoms with Gasteiger partial charge in [-0.15, -0.1) is 0 Å². The summed E-state index contributed by atoms with van der Waals surface area (Å²) in [5.74, 6) is 9.94. The molecule has 1 saturated heterocycles. The molecule has 2 heterocycles. The number of hydrogen-bond donors (Lipinski definition) is 2. The number of hydrazine groups is 1. The van der Waals surface area contributed by atoms with Gasteiger partial charge < -0.3 is 15.1 Å². The Hall–Kier alpha value is -1.05. The van der Waals surface area contributed by atoms with Crippen molar-refractivity contribution in [2.24, 2.45) is 5.84 Å². The summed E-state index contributed by atoms with van der Waals surface area (Å²) >= 11 is 1.98. The molecule has 0 radical (unpaired) electrons. The first-order valence-corrected chi connectivity index (χ1v) is 7.66. The van der Waals surface area contributed by atoms with Crippen LogP contribution in [0.4, 0.5) is 11.6 Å². The van der Waals surface area contributed by atoms with Crippen LogP contribution in [-0.4, -0.2) is 40.7 Å². The van der Waals surface area contributed by atoms with Gasteiger partial charge in [0.1, 0.15) is 18.2 Å². The number of nitrogens with one attached hydrogen (secondary N) is 1. The van der Waals surface area contributed by atoms with E-state index >= 15 is 0 Å². The standard InChI is InChI=1S/C12H21N5OS/c1-3-18-7-11-14-10(16-13)6-12(15-11)17-4-5-19-8-9(17)2/h6,9H,3-5,7-8,13H2,1-2H3,(H,14,15,16). The molecule has 2 rings (SSSR count). The van der Waals surface area contributed by atoms with Crippen molar-refractivity contribution >= 4 is 23.4 Å². The Morgan fingerprint density at radius 3 is 3.11 bits per heavy atom. The van der Waals surface area contributed by atoms with Crippen molar-refractivity contribution in [1.82, 2.24) is 9.97 Å². The highest BCUT2D eigenvalue weighted by atomic mass is 32.2. The second-order valence-corrected chi connectivity index (χ2v) is 5.58. The second kappa shape index (κ2) is 6.93. The van der Waals surface area contributed by atoms with Crippen LogP contribution in [0.5, 0.6) is 0 Å². The minimum absolute atomic E-state index is 0.413. The van der Waals surface area contributed by atoms with Crippen LogP contribution in [0.15, 0.2) is 6.07 Å². The van der Waals surface area contributed by atoms with Crippen LogP contribution >= 0.6 is 11.8 Å². The lowest BCUT2D eigenvalue weighted by molar-refractivity contribution is 0.128. The number of rotatable bonds is 5. The molecule has 0 bridgehead atoms. The van der Waals surface area contributed by atoms with Gasteiger partial charge in [0, 0.05) is 36.8 Å². The number of hydrogen-bond acceptors (Lipinski definition) is 7. The summed E-state index contributed by atoms with van der Waals surface area (Å²) in [7, 11) is 0. The minimum Gasteiger partial charge on any atom is -0.374 e. The third-order valence-electron chi connectivity index (χ3n) is 3.00. The molecule has 1 aromatic heterocycles. The maximum absolute atomic E-state index is 5.48. The van der Waals surface area contributed by atoms with Crippen molar-refractivity contribution in [3.63, 3.8) is 0 Å². The average Bonchev–Trinajstić information content (AvgIpc) is 2.45. The van der Waals surface area contributed by atoms with Gasteiger partial charge in [-0.1, -0.05) is 0 Å². The summed E-state index contributed by atoms with van der Waals surface area (Å²) in [5, 5.41) is 0. The molecule has 1 aliphatic rings. The van der Waals surface area contributed by atoms with Gasteiger partial charge in [-0.2, -0.15) is 11.8 Å². The molecule has 1 atom stereocenters. The van der Waals surface area contributed by atoms with Crippen LogP contribution < -0.4 is 16.2 Å². The largest absolute Gasteiger partial charge is 0.374 e. The Morgan fingerprint density at radius 1 is 1.58 bits per heavy atom. The van der Waals surface area contributed by atoms with Crippen LogP contribution in [0.25, 0.3) is 0 Å². The highest BCUT2D eigenvalue weighted by Crippen LogP contribution is 2.24. The first-order valence-electron chi connectivity index (χ1n) is 6.51. The van der Waals surface area contributed by atoms with Gasteiger partial charge in [-0.25, -0.2) is 15.8 Å². The summed E-state index contributed by atoms with van der Waals surface area (Å²) in [6.45, 7) is 6.23. The molecule has 19 heavy (non-hydrogen) atoms. The summed E-state index contributed by atoms with van der Waals surface area (Å²) in [6, 6.07) is 2.36. The number of thioether (sulfide) groups is 1. The van der Waals surface area contributed by atoms with Gasteiger partial charge >= 0.3 is 0 Å². The van der Waals surface area contributed by atoms with Gasteiger partial charge in [0.25, 0.3) is 0 Å². The Morgan fingerprint density at radius 2 is 2.42 bits per heavy atom. The van der Waals surface area contributed by atoms with Crippen molar-refractivity contribution in [3.05, 3.63) is 11.9 Å². The Kier molecular flexibility index (Phi) is 5.24. The maximum atomic E-state index is 5.48. The van der Waals surface area contributed by atoms with Crippen LogP contribution in [0, 0.1) is 0 Å². The molecule has 0 spiro atoms. The van der Waals surface area contributed by atoms with Crippen LogP contribution in [0.2, 0.25) is 0 Å². The highest BCUT2D eigenvalue weighted by Gasteiger charge is 2.21. The number of ether oxygens (including phenoxy) is 1. The van der Waals surface area contributed by atoms with E-state index in [9.17, 15) is 0 Å². The van der Waals surface area contributed by atoms with Crippen molar-refractivity contribution in [2.75, 3.05) is 35.0 Å². The monoisotopic (exact) mass is 283 g/mol. The topological polar surface area (TPSA) is 76.3 Å². The molecule has 0 aliphatic carbocycles. The van der Waals surface area contributed by atoms with E-state index in [4.69, 9.17) is 10.6 Å². The lowest BCUT2D eigenvalue weighted by atomic mass is 10.3. The minimum atomic E-state index is 0.413. The van der Waals surface area contributed by atoms with Crippen molar-refractivity contribution in [1.29, 1.82) is 0 Å². The molecule has 1 aliphatic heterocycles. The molecular formula is C12H21N5OS. The predicted molar refractivity (Wildman–Crippen MR) is 79.3 cm³/mol. The zero-order valence-corrected chi connectivity index (χ0v) is 12.2. The van der Waals surface area contributed by atoms with E-state index in [0.717, 1.165) is 23.9 Å². The summed E-state index contributed by atoms with van der Waals surface area (Å²) in [5.41, 5.74) is 2.60. The van der Waals surface area contributed by atoms with E-state index in [0.29, 0.717) is 30.9 Å². The molecular weight excluding hydrogens is 262 g/mol. The van der Waals surface area contributed by atoms with Gasteiger partial charge in [0.05, 0.1) is 0 Å². The van der Waals surface area contributed by atoms with E-state index in [1.807, 2.05) is 24.8 Å². The molecule has 3 N–H and O–H groups in total. The lowest BCUT2D eigenvalue weighted by Gasteiger charge is -2.34. The third kappa shape index (κ3) is 3.71. The zero-order valence-electron chi connectivity index (χ0n) is 11.4. The summed E-state index contributed by atoms with van der Waals surface area (Å²) in [6.07, 6.45) is 0. The van der Waals surface area contributed by atoms with E-state index in [1.165, 1.54) is 0 Å². The van der Waals surface area contributed by atoms with Crippen molar-refractivity contribution < 1.29 is 4.74 Å². The van der Waals surface area contributed by atoms with Crippen molar-refractivity contribution in [2.45, 2.75) is 26.5 Å². The van der Waals surface area contributed by atoms with Gasteiger partial charge in [-0.05, 0) is 13.8 Å². The fraction of sp³-hybridized carbons (Fsp3) is 0.667. The molecule has 1 aromatic rings. The van der Waals surface area contributed by atoms with E-state index in [1.54, 1.807) is 0 Å². The molecule has 7 heteroatoms. The molecule has 0 saturated carbocycles. The normalized spacial score (nSPS) is 19.5. The molecule has 0 amide bonds. The number of nitrogens with two attached hydrogens (primary N) is 1. The predicted octanol–water partition coefficient (Wildman–Crippen LogP) is 1.24.